The molecule has 0 aliphatic heterocycles. The Bertz CT molecular complexity index is 87.0. The first-order chi connectivity index (χ1) is 4.95. The fourth-order valence-electron chi connectivity index (χ4n) is 1.57. The zero-order valence-corrected chi connectivity index (χ0v) is 9.36. The van der Waals surface area contributed by atoms with Crippen LogP contribution < -0.4 is 0 Å². The molecule has 2 unspecified atom stereocenters. The van der Waals surface area contributed by atoms with Crippen molar-refractivity contribution in [1.82, 2.24) is 0 Å². The summed E-state index contributed by atoms with van der Waals surface area (Å²) < 4.78 is 0. The van der Waals surface area contributed by atoms with E-state index >= 15 is 0 Å². The van der Waals surface area contributed by atoms with E-state index in [0.717, 1.165) is 17.8 Å². The van der Waals surface area contributed by atoms with Crippen LogP contribution in [0.25, 0.3) is 0 Å². The Morgan fingerprint density at radius 1 is 1.00 bits per heavy atom. The minimum atomic E-state index is 0.539. The van der Waals surface area contributed by atoms with E-state index in [2.05, 4.69) is 47.2 Å². The van der Waals surface area contributed by atoms with Crippen LogP contribution in [0, 0.1) is 17.8 Å². The van der Waals surface area contributed by atoms with Gasteiger partial charge in [-0.25, -0.2) is 0 Å². The lowest BCUT2D eigenvalue weighted by atomic mass is 9.85. The highest BCUT2D eigenvalue weighted by atomic mass is 32.1. The molecule has 0 rings (SSSR count). The third-order valence-electron chi connectivity index (χ3n) is 2.22. The molecule has 0 nitrogen and oxygen atoms in total. The molecule has 0 saturated heterocycles. The van der Waals surface area contributed by atoms with E-state index in [4.69, 9.17) is 0 Å². The number of hydrogen-bond donors (Lipinski definition) is 1. The molecule has 0 N–H and O–H groups in total. The highest BCUT2D eigenvalue weighted by molar-refractivity contribution is 7.80. The molecule has 2 atom stereocenters. The van der Waals surface area contributed by atoms with Crippen molar-refractivity contribution in [3.63, 3.8) is 0 Å². The zero-order valence-electron chi connectivity index (χ0n) is 8.46. The fourth-order valence-corrected chi connectivity index (χ4v) is 2.04. The quantitative estimate of drug-likeness (QED) is 0.618. The second-order valence-corrected chi connectivity index (χ2v) is 5.09. The van der Waals surface area contributed by atoms with Gasteiger partial charge in [0.2, 0.25) is 0 Å². The van der Waals surface area contributed by atoms with Gasteiger partial charge in [-0.1, -0.05) is 34.6 Å². The van der Waals surface area contributed by atoms with E-state index in [1.54, 1.807) is 0 Å². The molecule has 0 heterocycles. The van der Waals surface area contributed by atoms with Crippen LogP contribution in [0.15, 0.2) is 0 Å². The van der Waals surface area contributed by atoms with E-state index in [1.807, 2.05) is 0 Å². The summed E-state index contributed by atoms with van der Waals surface area (Å²) in [6.07, 6.45) is 1.31. The standard InChI is InChI=1S/C10H22S/c1-7(2)6-10(8(3)4)9(5)11/h7-11H,6H2,1-5H3. The molecule has 0 aromatic carbocycles. The molecular weight excluding hydrogens is 152 g/mol. The number of hydrogen-bond acceptors (Lipinski definition) is 1. The van der Waals surface area contributed by atoms with Crippen LogP contribution in [0.4, 0.5) is 0 Å². The summed E-state index contributed by atoms with van der Waals surface area (Å²) in [7, 11) is 0. The summed E-state index contributed by atoms with van der Waals surface area (Å²) in [4.78, 5) is 0. The van der Waals surface area contributed by atoms with E-state index in [0.29, 0.717) is 5.25 Å². The van der Waals surface area contributed by atoms with Crippen molar-refractivity contribution in [3.05, 3.63) is 0 Å². The number of thiol groups is 1. The first-order valence-corrected chi connectivity index (χ1v) is 5.14. The summed E-state index contributed by atoms with van der Waals surface area (Å²) in [5, 5.41) is 0.539. The predicted molar refractivity (Wildman–Crippen MR) is 56.2 cm³/mol. The van der Waals surface area contributed by atoms with Crippen molar-refractivity contribution in [2.75, 3.05) is 0 Å². The first-order valence-electron chi connectivity index (χ1n) is 4.63. The molecule has 11 heavy (non-hydrogen) atoms. The highest BCUT2D eigenvalue weighted by Gasteiger charge is 2.18. The maximum Gasteiger partial charge on any atom is 0.00192 e. The molecule has 0 spiro atoms. The van der Waals surface area contributed by atoms with Gasteiger partial charge in [0.1, 0.15) is 0 Å². The molecule has 0 radical (unpaired) electrons. The van der Waals surface area contributed by atoms with Crippen molar-refractivity contribution >= 4 is 12.6 Å². The van der Waals surface area contributed by atoms with Crippen LogP contribution in [0.2, 0.25) is 0 Å². The zero-order chi connectivity index (χ0) is 9.02. The minimum Gasteiger partial charge on any atom is -0.176 e. The van der Waals surface area contributed by atoms with Crippen molar-refractivity contribution in [1.29, 1.82) is 0 Å². The molecule has 0 bridgehead atoms. The van der Waals surface area contributed by atoms with Crippen LogP contribution in [0.3, 0.4) is 0 Å². The minimum absolute atomic E-state index is 0.539. The molecule has 0 aliphatic rings. The van der Waals surface area contributed by atoms with E-state index in [-0.39, 0.29) is 0 Å². The molecule has 0 aromatic rings. The van der Waals surface area contributed by atoms with Gasteiger partial charge in [-0.15, -0.1) is 0 Å². The molecule has 0 aromatic heterocycles. The second-order valence-electron chi connectivity index (χ2n) is 4.28. The van der Waals surface area contributed by atoms with Gasteiger partial charge in [0.05, 0.1) is 0 Å². The first kappa shape index (κ1) is 11.4. The van der Waals surface area contributed by atoms with Gasteiger partial charge in [0.25, 0.3) is 0 Å². The van der Waals surface area contributed by atoms with Crippen LogP contribution in [0.5, 0.6) is 0 Å². The van der Waals surface area contributed by atoms with Crippen LogP contribution in [-0.4, -0.2) is 5.25 Å². The monoisotopic (exact) mass is 174 g/mol. The van der Waals surface area contributed by atoms with Gasteiger partial charge >= 0.3 is 0 Å². The van der Waals surface area contributed by atoms with Gasteiger partial charge in [-0.05, 0) is 24.2 Å². The predicted octanol–water partition coefficient (Wildman–Crippen LogP) is 3.62. The Kier molecular flexibility index (Phi) is 5.24. The molecule has 0 aliphatic carbocycles. The van der Waals surface area contributed by atoms with Gasteiger partial charge in [0.15, 0.2) is 0 Å². The van der Waals surface area contributed by atoms with Crippen molar-refractivity contribution in [2.24, 2.45) is 17.8 Å². The number of rotatable bonds is 4. The summed E-state index contributed by atoms with van der Waals surface area (Å²) >= 11 is 4.51. The highest BCUT2D eigenvalue weighted by Crippen LogP contribution is 2.26. The lowest BCUT2D eigenvalue weighted by Crippen LogP contribution is -2.20. The molecule has 1 heteroatoms. The molecule has 68 valence electrons. The van der Waals surface area contributed by atoms with Crippen molar-refractivity contribution in [2.45, 2.75) is 46.3 Å². The molecule has 0 fully saturated rings. The maximum atomic E-state index is 4.51. The summed E-state index contributed by atoms with van der Waals surface area (Å²) in [6, 6.07) is 0. The van der Waals surface area contributed by atoms with Crippen LogP contribution >= 0.6 is 12.6 Å². The third kappa shape index (κ3) is 4.73. The Balaban J connectivity index is 3.90. The third-order valence-corrected chi connectivity index (χ3v) is 2.60. The molecular formula is C10H22S. The van der Waals surface area contributed by atoms with Crippen LogP contribution in [0.1, 0.15) is 41.0 Å². The van der Waals surface area contributed by atoms with Gasteiger partial charge in [-0.2, -0.15) is 12.6 Å². The lowest BCUT2D eigenvalue weighted by molar-refractivity contribution is 0.317. The van der Waals surface area contributed by atoms with E-state index < -0.39 is 0 Å². The normalized spacial score (nSPS) is 17.5. The average molecular weight is 174 g/mol. The average Bonchev–Trinajstić information content (AvgIpc) is 1.81. The van der Waals surface area contributed by atoms with Crippen molar-refractivity contribution < 1.29 is 0 Å². The second kappa shape index (κ2) is 5.08. The topological polar surface area (TPSA) is 0 Å². The van der Waals surface area contributed by atoms with E-state index in [9.17, 15) is 0 Å². The van der Waals surface area contributed by atoms with Crippen molar-refractivity contribution in [3.8, 4) is 0 Å². The largest absolute Gasteiger partial charge is 0.176 e. The van der Waals surface area contributed by atoms with Gasteiger partial charge < -0.3 is 0 Å². The Morgan fingerprint density at radius 3 is 1.55 bits per heavy atom. The Hall–Kier alpha value is 0.350. The molecule has 0 amide bonds. The van der Waals surface area contributed by atoms with Crippen LogP contribution in [-0.2, 0) is 0 Å². The Labute approximate surface area is 77.2 Å². The molecule has 0 saturated carbocycles. The SMILES string of the molecule is CC(C)CC(C(C)C)C(C)S. The smallest absolute Gasteiger partial charge is 0.00192 e. The van der Waals surface area contributed by atoms with E-state index in [1.165, 1.54) is 6.42 Å². The summed E-state index contributed by atoms with van der Waals surface area (Å²) in [6.45, 7) is 11.4. The Morgan fingerprint density at radius 2 is 1.45 bits per heavy atom. The summed E-state index contributed by atoms with van der Waals surface area (Å²) in [5.41, 5.74) is 0. The summed E-state index contributed by atoms with van der Waals surface area (Å²) in [5.74, 6) is 2.35. The van der Waals surface area contributed by atoms with Gasteiger partial charge in [-0.3, -0.25) is 0 Å². The lowest BCUT2D eigenvalue weighted by Gasteiger charge is -2.25. The van der Waals surface area contributed by atoms with Gasteiger partial charge in [0, 0.05) is 5.25 Å². The fraction of sp³-hybridized carbons (Fsp3) is 1.00. The maximum absolute atomic E-state index is 4.51.